The minimum Gasteiger partial charge on any atom is -0.494 e. The van der Waals surface area contributed by atoms with Crippen molar-refractivity contribution in [3.8, 4) is 5.75 Å². The van der Waals surface area contributed by atoms with E-state index in [9.17, 15) is 0 Å². The van der Waals surface area contributed by atoms with E-state index in [0.29, 0.717) is 6.61 Å². The third-order valence-electron chi connectivity index (χ3n) is 2.52. The van der Waals surface area contributed by atoms with Crippen LogP contribution in [0, 0.1) is 0 Å². The van der Waals surface area contributed by atoms with Crippen LogP contribution in [0.2, 0.25) is 0 Å². The molecule has 1 aromatic rings. The Hall–Kier alpha value is -1.10. The van der Waals surface area contributed by atoms with Gasteiger partial charge in [0.05, 0.1) is 19.3 Å². The Balaban J connectivity index is 2.35. The molecule has 0 bridgehead atoms. The molecular weight excluding hydrogens is 216 g/mol. The monoisotopic (exact) mass is 238 g/mol. The van der Waals surface area contributed by atoms with Crippen LogP contribution in [0.4, 0.5) is 0 Å². The van der Waals surface area contributed by atoms with Crippen LogP contribution in [-0.4, -0.2) is 43.9 Å². The van der Waals surface area contributed by atoms with Crippen molar-refractivity contribution in [2.24, 2.45) is 5.73 Å². The van der Waals surface area contributed by atoms with Crippen LogP contribution in [0.1, 0.15) is 18.0 Å². The molecule has 1 rings (SSSR count). The second-order valence-electron chi connectivity index (χ2n) is 4.36. The topological polar surface area (TPSA) is 58.7 Å². The van der Waals surface area contributed by atoms with Gasteiger partial charge in [-0.1, -0.05) is 12.1 Å². The lowest BCUT2D eigenvalue weighted by Gasteiger charge is -2.12. The molecule has 0 saturated heterocycles. The summed E-state index contributed by atoms with van der Waals surface area (Å²) in [6.07, 6.45) is 1.00. The first-order chi connectivity index (χ1) is 8.13. The number of nitrogens with zero attached hydrogens (tertiary/aromatic N) is 1. The van der Waals surface area contributed by atoms with Gasteiger partial charge >= 0.3 is 0 Å². The molecule has 0 aliphatic carbocycles. The quantitative estimate of drug-likeness (QED) is 0.696. The fraction of sp³-hybridized carbons (Fsp3) is 0.538. The molecule has 0 saturated carbocycles. The highest BCUT2D eigenvalue weighted by molar-refractivity contribution is 5.29. The maximum atomic E-state index is 8.92. The smallest absolute Gasteiger partial charge is 0.119 e. The summed E-state index contributed by atoms with van der Waals surface area (Å²) in [5.41, 5.74) is 6.63. The van der Waals surface area contributed by atoms with E-state index in [-0.39, 0.29) is 12.6 Å². The number of hydrogen-bond donors (Lipinski definition) is 2. The number of hydrogen-bond acceptors (Lipinski definition) is 4. The predicted octanol–water partition coefficient (Wildman–Crippen LogP) is 1.01. The first kappa shape index (κ1) is 14.0. The van der Waals surface area contributed by atoms with Crippen LogP contribution in [0.5, 0.6) is 5.75 Å². The van der Waals surface area contributed by atoms with Gasteiger partial charge in [0.1, 0.15) is 5.75 Å². The number of rotatable bonds is 7. The maximum absolute atomic E-state index is 8.92. The van der Waals surface area contributed by atoms with Crippen LogP contribution in [0.3, 0.4) is 0 Å². The fourth-order valence-electron chi connectivity index (χ4n) is 1.49. The fourth-order valence-corrected chi connectivity index (χ4v) is 1.49. The van der Waals surface area contributed by atoms with E-state index in [1.54, 1.807) is 0 Å². The third-order valence-corrected chi connectivity index (χ3v) is 2.52. The number of ether oxygens (including phenoxy) is 1. The molecule has 0 spiro atoms. The largest absolute Gasteiger partial charge is 0.494 e. The van der Waals surface area contributed by atoms with E-state index in [1.807, 2.05) is 38.4 Å². The average Bonchev–Trinajstić information content (AvgIpc) is 2.34. The van der Waals surface area contributed by atoms with Crippen LogP contribution < -0.4 is 10.5 Å². The summed E-state index contributed by atoms with van der Waals surface area (Å²) >= 11 is 0. The second-order valence-corrected chi connectivity index (χ2v) is 4.36. The summed E-state index contributed by atoms with van der Waals surface area (Å²) < 4.78 is 5.59. The Morgan fingerprint density at radius 2 is 1.94 bits per heavy atom. The SMILES string of the molecule is CN(C)CCCOc1ccc([C@@H](N)CO)cc1. The van der Waals surface area contributed by atoms with Crippen LogP contribution in [0.25, 0.3) is 0 Å². The van der Waals surface area contributed by atoms with Crippen LogP contribution >= 0.6 is 0 Å². The maximum Gasteiger partial charge on any atom is 0.119 e. The average molecular weight is 238 g/mol. The van der Waals surface area contributed by atoms with E-state index in [2.05, 4.69) is 4.90 Å². The highest BCUT2D eigenvalue weighted by atomic mass is 16.5. The van der Waals surface area contributed by atoms with E-state index in [1.165, 1.54) is 0 Å². The van der Waals surface area contributed by atoms with Crippen LogP contribution in [0.15, 0.2) is 24.3 Å². The van der Waals surface area contributed by atoms with E-state index < -0.39 is 0 Å². The molecule has 4 heteroatoms. The number of aliphatic hydroxyl groups is 1. The molecule has 0 aliphatic heterocycles. The van der Waals surface area contributed by atoms with Crippen molar-refractivity contribution < 1.29 is 9.84 Å². The van der Waals surface area contributed by atoms with Crippen LogP contribution in [-0.2, 0) is 0 Å². The summed E-state index contributed by atoms with van der Waals surface area (Å²) in [5.74, 6) is 0.845. The molecule has 17 heavy (non-hydrogen) atoms. The van der Waals surface area contributed by atoms with Crippen molar-refractivity contribution in [3.05, 3.63) is 29.8 Å². The summed E-state index contributed by atoms with van der Waals surface area (Å²) in [7, 11) is 4.09. The number of nitrogens with two attached hydrogens (primary N) is 1. The van der Waals surface area contributed by atoms with Gasteiger partial charge in [-0.2, -0.15) is 0 Å². The Kier molecular flexibility index (Phi) is 5.97. The summed E-state index contributed by atoms with van der Waals surface area (Å²) in [6.45, 7) is 1.69. The van der Waals surface area contributed by atoms with Crippen molar-refractivity contribution in [2.75, 3.05) is 33.9 Å². The Labute approximate surface area is 103 Å². The second kappa shape index (κ2) is 7.27. The molecule has 96 valence electrons. The lowest BCUT2D eigenvalue weighted by atomic mass is 10.1. The Morgan fingerprint density at radius 1 is 1.29 bits per heavy atom. The molecule has 0 aliphatic rings. The van der Waals surface area contributed by atoms with Gasteiger partial charge in [-0.05, 0) is 38.2 Å². The van der Waals surface area contributed by atoms with Gasteiger partial charge in [0, 0.05) is 6.54 Å². The molecular formula is C13H22N2O2. The molecule has 1 atom stereocenters. The standard InChI is InChI=1S/C13H22N2O2/c1-15(2)8-3-9-17-12-6-4-11(5-7-12)13(14)10-16/h4-7,13,16H,3,8-10,14H2,1-2H3/t13-/m0/s1. The van der Waals surface area contributed by atoms with Gasteiger partial charge < -0.3 is 20.5 Å². The van der Waals surface area contributed by atoms with Crippen molar-refractivity contribution in [1.82, 2.24) is 4.90 Å². The van der Waals surface area contributed by atoms with Crippen molar-refractivity contribution in [2.45, 2.75) is 12.5 Å². The molecule has 1 aromatic carbocycles. The zero-order valence-electron chi connectivity index (χ0n) is 10.6. The van der Waals surface area contributed by atoms with Crippen molar-refractivity contribution >= 4 is 0 Å². The lowest BCUT2D eigenvalue weighted by Crippen LogP contribution is -2.15. The minimum absolute atomic E-state index is 0.0387. The molecule has 0 fully saturated rings. The van der Waals surface area contributed by atoms with Gasteiger partial charge in [-0.3, -0.25) is 0 Å². The van der Waals surface area contributed by atoms with E-state index in [4.69, 9.17) is 15.6 Å². The molecule has 0 radical (unpaired) electrons. The number of benzene rings is 1. The predicted molar refractivity (Wildman–Crippen MR) is 69.1 cm³/mol. The molecule has 0 heterocycles. The normalized spacial score (nSPS) is 12.8. The molecule has 4 nitrogen and oxygen atoms in total. The van der Waals surface area contributed by atoms with Gasteiger partial charge in [0.2, 0.25) is 0 Å². The zero-order chi connectivity index (χ0) is 12.7. The van der Waals surface area contributed by atoms with Gasteiger partial charge in [-0.25, -0.2) is 0 Å². The number of aliphatic hydroxyl groups excluding tert-OH is 1. The van der Waals surface area contributed by atoms with Gasteiger partial charge in [0.25, 0.3) is 0 Å². The minimum atomic E-state index is -0.308. The molecule has 0 amide bonds. The van der Waals surface area contributed by atoms with Gasteiger partial charge in [0.15, 0.2) is 0 Å². The van der Waals surface area contributed by atoms with E-state index in [0.717, 1.165) is 24.3 Å². The zero-order valence-corrected chi connectivity index (χ0v) is 10.6. The first-order valence-electron chi connectivity index (χ1n) is 5.87. The molecule has 0 aromatic heterocycles. The Morgan fingerprint density at radius 3 is 2.47 bits per heavy atom. The van der Waals surface area contributed by atoms with E-state index >= 15 is 0 Å². The first-order valence-corrected chi connectivity index (χ1v) is 5.87. The molecule has 3 N–H and O–H groups in total. The highest BCUT2D eigenvalue weighted by Gasteiger charge is 2.03. The Bertz CT molecular complexity index is 312. The van der Waals surface area contributed by atoms with Gasteiger partial charge in [-0.15, -0.1) is 0 Å². The summed E-state index contributed by atoms with van der Waals surface area (Å²) in [6, 6.07) is 7.25. The third kappa shape index (κ3) is 5.17. The highest BCUT2D eigenvalue weighted by Crippen LogP contribution is 2.16. The molecule has 0 unspecified atom stereocenters. The lowest BCUT2D eigenvalue weighted by molar-refractivity contribution is 0.267. The summed E-state index contributed by atoms with van der Waals surface area (Å²) in [4.78, 5) is 2.13. The summed E-state index contributed by atoms with van der Waals surface area (Å²) in [5, 5.41) is 8.92. The van der Waals surface area contributed by atoms with Crippen molar-refractivity contribution in [3.63, 3.8) is 0 Å². The van der Waals surface area contributed by atoms with Crippen molar-refractivity contribution in [1.29, 1.82) is 0 Å².